The van der Waals surface area contributed by atoms with E-state index in [0.717, 1.165) is 16.3 Å². The van der Waals surface area contributed by atoms with E-state index in [1.54, 1.807) is 12.3 Å². The van der Waals surface area contributed by atoms with Gasteiger partial charge in [-0.25, -0.2) is 0 Å². The topological polar surface area (TPSA) is 50.4 Å². The van der Waals surface area contributed by atoms with E-state index in [1.165, 1.54) is 0 Å². The number of carboxylic acids is 1. The molecule has 0 radical (unpaired) electrons. The molecule has 3 rings (SSSR count). The lowest BCUT2D eigenvalue weighted by atomic mass is 9.92. The number of benzene rings is 2. The summed E-state index contributed by atoms with van der Waals surface area (Å²) >= 11 is 0. The standard InChI is InChI=1S/C18H16O3/c19-18(20)15(12-16-8-4-10-21-16)11-14-7-3-6-13-5-1-2-9-17(13)14/h1-10,15H,11-12H2,(H,19,20). The summed E-state index contributed by atoms with van der Waals surface area (Å²) in [5.41, 5.74) is 1.06. The monoisotopic (exact) mass is 280 g/mol. The first-order valence-electron chi connectivity index (χ1n) is 6.96. The Labute approximate surface area is 122 Å². The van der Waals surface area contributed by atoms with Gasteiger partial charge in [0.25, 0.3) is 0 Å². The van der Waals surface area contributed by atoms with Crippen LogP contribution in [0.3, 0.4) is 0 Å². The highest BCUT2D eigenvalue weighted by Crippen LogP contribution is 2.23. The maximum absolute atomic E-state index is 11.5. The van der Waals surface area contributed by atoms with Gasteiger partial charge in [0.05, 0.1) is 12.2 Å². The van der Waals surface area contributed by atoms with Gasteiger partial charge in [0.2, 0.25) is 0 Å². The molecular formula is C18H16O3. The van der Waals surface area contributed by atoms with Crippen LogP contribution >= 0.6 is 0 Å². The lowest BCUT2D eigenvalue weighted by Crippen LogP contribution is -2.19. The molecule has 0 fully saturated rings. The van der Waals surface area contributed by atoms with Crippen LogP contribution in [0.2, 0.25) is 0 Å². The Morgan fingerprint density at radius 3 is 2.57 bits per heavy atom. The number of carboxylic acid groups (broad SMARTS) is 1. The first-order valence-corrected chi connectivity index (χ1v) is 6.96. The zero-order chi connectivity index (χ0) is 14.7. The molecule has 0 aliphatic rings. The Morgan fingerprint density at radius 1 is 1.00 bits per heavy atom. The van der Waals surface area contributed by atoms with Gasteiger partial charge in [0.1, 0.15) is 5.76 Å². The second-order valence-corrected chi connectivity index (χ2v) is 5.16. The van der Waals surface area contributed by atoms with Gasteiger partial charge in [-0.1, -0.05) is 42.5 Å². The smallest absolute Gasteiger partial charge is 0.307 e. The second kappa shape index (κ2) is 5.83. The lowest BCUT2D eigenvalue weighted by molar-refractivity contribution is -0.141. The van der Waals surface area contributed by atoms with Gasteiger partial charge >= 0.3 is 5.97 Å². The third-order valence-corrected chi connectivity index (χ3v) is 3.72. The Balaban J connectivity index is 1.89. The fraction of sp³-hybridized carbons (Fsp3) is 0.167. The minimum atomic E-state index is -0.792. The third-order valence-electron chi connectivity index (χ3n) is 3.72. The fourth-order valence-corrected chi connectivity index (χ4v) is 2.65. The van der Waals surface area contributed by atoms with Crippen molar-refractivity contribution in [3.63, 3.8) is 0 Å². The van der Waals surface area contributed by atoms with Crippen LogP contribution in [0, 0.1) is 5.92 Å². The van der Waals surface area contributed by atoms with E-state index in [9.17, 15) is 9.90 Å². The maximum Gasteiger partial charge on any atom is 0.307 e. The molecule has 1 unspecified atom stereocenters. The van der Waals surface area contributed by atoms with E-state index < -0.39 is 11.9 Å². The van der Waals surface area contributed by atoms with Crippen LogP contribution in [0.5, 0.6) is 0 Å². The van der Waals surface area contributed by atoms with Crippen molar-refractivity contribution in [1.29, 1.82) is 0 Å². The summed E-state index contributed by atoms with van der Waals surface area (Å²) in [6, 6.07) is 17.7. The maximum atomic E-state index is 11.5. The molecule has 0 saturated heterocycles. The normalized spacial score (nSPS) is 12.4. The number of rotatable bonds is 5. The van der Waals surface area contributed by atoms with E-state index in [1.807, 2.05) is 48.5 Å². The number of hydrogen-bond donors (Lipinski definition) is 1. The highest BCUT2D eigenvalue weighted by molar-refractivity contribution is 5.86. The highest BCUT2D eigenvalue weighted by Gasteiger charge is 2.20. The number of furan rings is 1. The predicted octanol–water partition coefficient (Wildman–Crippen LogP) is 3.92. The Bertz CT molecular complexity index is 739. The first-order chi connectivity index (χ1) is 10.2. The van der Waals surface area contributed by atoms with Gasteiger partial charge in [-0.05, 0) is 34.9 Å². The van der Waals surface area contributed by atoms with Gasteiger partial charge in [-0.15, -0.1) is 0 Å². The van der Waals surface area contributed by atoms with Crippen LogP contribution in [0.25, 0.3) is 10.8 Å². The summed E-state index contributed by atoms with van der Waals surface area (Å²) in [5, 5.41) is 11.7. The van der Waals surface area contributed by atoms with Crippen molar-refractivity contribution in [2.45, 2.75) is 12.8 Å². The van der Waals surface area contributed by atoms with Crippen molar-refractivity contribution in [1.82, 2.24) is 0 Å². The van der Waals surface area contributed by atoms with Crippen LogP contribution in [0.1, 0.15) is 11.3 Å². The van der Waals surface area contributed by atoms with Crippen molar-refractivity contribution in [2.75, 3.05) is 0 Å². The molecule has 1 N–H and O–H groups in total. The minimum absolute atomic E-state index is 0.408. The predicted molar refractivity (Wildman–Crippen MR) is 81.2 cm³/mol. The quantitative estimate of drug-likeness (QED) is 0.770. The molecule has 1 aromatic heterocycles. The molecule has 3 nitrogen and oxygen atoms in total. The lowest BCUT2D eigenvalue weighted by Gasteiger charge is -2.13. The Hall–Kier alpha value is -2.55. The summed E-state index contributed by atoms with van der Waals surface area (Å²) in [7, 11) is 0. The van der Waals surface area contributed by atoms with E-state index in [2.05, 4.69) is 0 Å². The molecule has 0 aliphatic heterocycles. The third kappa shape index (κ3) is 2.97. The van der Waals surface area contributed by atoms with Crippen molar-refractivity contribution < 1.29 is 14.3 Å². The molecule has 0 amide bonds. The Kier molecular flexibility index (Phi) is 3.73. The summed E-state index contributed by atoms with van der Waals surface area (Å²) in [6.45, 7) is 0. The fourth-order valence-electron chi connectivity index (χ4n) is 2.65. The number of hydrogen-bond acceptors (Lipinski definition) is 2. The molecule has 1 heterocycles. The average Bonchev–Trinajstić information content (AvgIpc) is 3.00. The van der Waals surface area contributed by atoms with Crippen molar-refractivity contribution in [3.05, 3.63) is 72.2 Å². The van der Waals surface area contributed by atoms with Crippen LogP contribution in [-0.4, -0.2) is 11.1 Å². The summed E-state index contributed by atoms with van der Waals surface area (Å²) in [6.07, 6.45) is 2.48. The zero-order valence-electron chi connectivity index (χ0n) is 11.5. The molecule has 21 heavy (non-hydrogen) atoms. The molecule has 106 valence electrons. The molecule has 1 atom stereocenters. The second-order valence-electron chi connectivity index (χ2n) is 5.16. The van der Waals surface area contributed by atoms with Gasteiger partial charge in [-0.2, -0.15) is 0 Å². The molecule has 0 aliphatic carbocycles. The number of aliphatic carboxylic acids is 1. The molecule has 0 bridgehead atoms. The van der Waals surface area contributed by atoms with Crippen molar-refractivity contribution in [3.8, 4) is 0 Å². The molecule has 0 saturated carbocycles. The summed E-state index contributed by atoms with van der Waals surface area (Å²) in [4.78, 5) is 11.5. The molecule has 2 aromatic carbocycles. The number of carbonyl (C=O) groups is 1. The van der Waals surface area contributed by atoms with E-state index in [-0.39, 0.29) is 0 Å². The van der Waals surface area contributed by atoms with Gasteiger partial charge in [-0.3, -0.25) is 4.79 Å². The summed E-state index contributed by atoms with van der Waals surface area (Å²) < 4.78 is 5.28. The van der Waals surface area contributed by atoms with Crippen LogP contribution in [0.4, 0.5) is 0 Å². The van der Waals surface area contributed by atoms with Crippen LogP contribution in [0.15, 0.2) is 65.3 Å². The van der Waals surface area contributed by atoms with E-state index >= 15 is 0 Å². The van der Waals surface area contributed by atoms with Crippen LogP contribution in [-0.2, 0) is 17.6 Å². The molecule has 3 aromatic rings. The highest BCUT2D eigenvalue weighted by atomic mass is 16.4. The Morgan fingerprint density at radius 2 is 1.81 bits per heavy atom. The van der Waals surface area contributed by atoms with Crippen molar-refractivity contribution >= 4 is 16.7 Å². The van der Waals surface area contributed by atoms with Gasteiger partial charge in [0, 0.05) is 6.42 Å². The molecular weight excluding hydrogens is 264 g/mol. The molecule has 3 heteroatoms. The minimum Gasteiger partial charge on any atom is -0.481 e. The number of fused-ring (bicyclic) bond motifs is 1. The van der Waals surface area contributed by atoms with Crippen molar-refractivity contribution in [2.24, 2.45) is 5.92 Å². The SMILES string of the molecule is O=C(O)C(Cc1ccco1)Cc1cccc2ccccc12. The van der Waals surface area contributed by atoms with Gasteiger partial charge in [0.15, 0.2) is 0 Å². The zero-order valence-corrected chi connectivity index (χ0v) is 11.5. The average molecular weight is 280 g/mol. The first kappa shape index (κ1) is 13.4. The van der Waals surface area contributed by atoms with Crippen LogP contribution < -0.4 is 0 Å². The summed E-state index contributed by atoms with van der Waals surface area (Å²) in [5.74, 6) is -0.566. The van der Waals surface area contributed by atoms with E-state index in [0.29, 0.717) is 18.6 Å². The largest absolute Gasteiger partial charge is 0.481 e. The van der Waals surface area contributed by atoms with E-state index in [4.69, 9.17) is 4.42 Å². The molecule has 0 spiro atoms. The van der Waals surface area contributed by atoms with Gasteiger partial charge < -0.3 is 9.52 Å².